The first kappa shape index (κ1) is 65.5. The van der Waals surface area contributed by atoms with Crippen molar-refractivity contribution in [1.82, 2.24) is 59.8 Å². The molecule has 0 aliphatic rings. The number of aryl methyl sites for hydroxylation is 1. The minimum absolute atomic E-state index is 0. The van der Waals surface area contributed by atoms with Crippen LogP contribution in [0.3, 0.4) is 0 Å². The number of aromatic nitrogens is 12. The zero-order valence-corrected chi connectivity index (χ0v) is 51.5. The van der Waals surface area contributed by atoms with Gasteiger partial charge < -0.3 is 16.4 Å². The lowest BCUT2D eigenvalue weighted by Crippen LogP contribution is -2.26. The molecule has 12 heterocycles. The number of pyridine rings is 12. The lowest BCUT2D eigenvalue weighted by atomic mass is 10.1. The fourth-order valence-electron chi connectivity index (χ4n) is 7.83. The van der Waals surface area contributed by atoms with Crippen LogP contribution in [0, 0.1) is 30.2 Å². The molecule has 0 fully saturated rings. The number of nitrogens with zero attached hydrogens (tertiary/aromatic N) is 12. The molecule has 0 aromatic carbocycles. The molecular formula is C65H62Cl3F4N15. The molecule has 12 aromatic rings. The van der Waals surface area contributed by atoms with E-state index >= 15 is 0 Å². The lowest BCUT2D eigenvalue weighted by Gasteiger charge is -2.23. The molecule has 0 aliphatic heterocycles. The summed E-state index contributed by atoms with van der Waals surface area (Å²) in [6, 6.07) is 20.8. The van der Waals surface area contributed by atoms with Gasteiger partial charge in [-0.05, 0) is 148 Å². The van der Waals surface area contributed by atoms with E-state index in [1.807, 2.05) is 45.0 Å². The van der Waals surface area contributed by atoms with Gasteiger partial charge in [-0.2, -0.15) is 0 Å². The third-order valence-corrected chi connectivity index (χ3v) is 12.3. The summed E-state index contributed by atoms with van der Waals surface area (Å²) in [5, 5.41) is 12.0. The Morgan fingerprint density at radius 2 is 0.655 bits per heavy atom. The SMILES string of the molecule is CC(C)(C)N.CC(C)(C)Nc1cc(-c2ccncc2F)nc2cnccc12.CC(C)(C)Nc1cc(-c2ccncc2F)nc2cnccc12.Cc1ccncc1F.Clc1cc(Cl)c2ccncc2n1.Fc1cnccc1-c1cc(Cl)c2ccncc2n1. The smallest absolute Gasteiger partial charge is 0.150 e. The van der Waals surface area contributed by atoms with Crippen LogP contribution in [-0.2, 0) is 0 Å². The van der Waals surface area contributed by atoms with E-state index in [0.717, 1.165) is 55.7 Å². The lowest BCUT2D eigenvalue weighted by molar-refractivity contribution is 0.580. The van der Waals surface area contributed by atoms with E-state index in [9.17, 15) is 17.6 Å². The van der Waals surface area contributed by atoms with E-state index in [0.29, 0.717) is 60.1 Å². The van der Waals surface area contributed by atoms with Crippen molar-refractivity contribution in [3.8, 4) is 33.8 Å². The zero-order valence-electron chi connectivity index (χ0n) is 49.3. The normalized spacial score (nSPS) is 11.1. The van der Waals surface area contributed by atoms with Crippen molar-refractivity contribution in [2.45, 2.75) is 85.9 Å². The second-order valence-corrected chi connectivity index (χ2v) is 23.6. The highest BCUT2D eigenvalue weighted by Gasteiger charge is 2.18. The Kier molecular flexibility index (Phi) is 22.1. The number of hydrogen-bond donors (Lipinski definition) is 3. The molecule has 0 unspecified atom stereocenters. The van der Waals surface area contributed by atoms with Crippen LogP contribution in [0.25, 0.3) is 77.4 Å². The number of rotatable bonds is 5. The van der Waals surface area contributed by atoms with Gasteiger partial charge in [0.05, 0.1) is 98.8 Å². The third kappa shape index (κ3) is 19.5. The molecule has 0 saturated carbocycles. The Balaban J connectivity index is 0.000000157. The molecule has 15 nitrogen and oxygen atoms in total. The standard InChI is InChI=1S/2C17H17FN4.C13H7ClFN3.C8H4Cl2N2.C6H6FN.C4H11N/c2*1-17(2,3)22-15-8-14(11-4-6-19-9-13(11)18)21-16-10-20-7-5-12(15)16;14-10-5-12(9-2-4-16-6-11(9)15)18-13-7-17-3-1-8(10)13;9-6-3-8(10)12-7-4-11-2-1-5(6)7;1-5-2-3-8-4-6(5)7;1-4(2,3)5/h2*4-10H,1-3H3,(H,21,22);1-7H;1-4H;2-4H,1H3;5H2,1-3H3. The molecule has 12 aromatic heterocycles. The Morgan fingerprint density at radius 3 is 0.989 bits per heavy atom. The monoisotopic (exact) mass is 1230 g/mol. The average molecular weight is 1240 g/mol. The van der Waals surface area contributed by atoms with Crippen LogP contribution >= 0.6 is 34.8 Å². The largest absolute Gasteiger partial charge is 0.380 e. The van der Waals surface area contributed by atoms with Crippen molar-refractivity contribution in [2.24, 2.45) is 5.73 Å². The first-order valence-electron chi connectivity index (χ1n) is 26.9. The maximum Gasteiger partial charge on any atom is 0.150 e. The van der Waals surface area contributed by atoms with Gasteiger partial charge in [0.2, 0.25) is 0 Å². The summed E-state index contributed by atoms with van der Waals surface area (Å²) in [5.41, 5.74) is 13.2. The van der Waals surface area contributed by atoms with Crippen LogP contribution in [-0.4, -0.2) is 76.4 Å². The van der Waals surface area contributed by atoms with Crippen LogP contribution in [0.4, 0.5) is 28.9 Å². The van der Waals surface area contributed by atoms with Gasteiger partial charge >= 0.3 is 0 Å². The summed E-state index contributed by atoms with van der Waals surface area (Å²) in [6.07, 6.45) is 24.3. The molecule has 0 atom stereocenters. The average Bonchev–Trinajstić information content (AvgIpc) is 2.96. The Hall–Kier alpha value is -9.01. The molecule has 22 heteroatoms. The minimum atomic E-state index is -0.427. The fourth-order valence-corrected chi connectivity index (χ4v) is 8.61. The summed E-state index contributed by atoms with van der Waals surface area (Å²) in [7, 11) is 0. The predicted octanol–water partition coefficient (Wildman–Crippen LogP) is 16.8. The second kappa shape index (κ2) is 29.4. The molecule has 0 radical (unpaired) electrons. The molecule has 87 heavy (non-hydrogen) atoms. The van der Waals surface area contributed by atoms with Crippen LogP contribution in [0.15, 0.2) is 172 Å². The van der Waals surface area contributed by atoms with Gasteiger partial charge in [-0.1, -0.05) is 34.8 Å². The number of nitrogens with one attached hydrogen (secondary N) is 2. The zero-order chi connectivity index (χ0) is 63.1. The van der Waals surface area contributed by atoms with Crippen molar-refractivity contribution in [1.29, 1.82) is 0 Å². The highest BCUT2D eigenvalue weighted by molar-refractivity contribution is 6.37. The summed E-state index contributed by atoms with van der Waals surface area (Å²) < 4.78 is 53.9. The number of fused-ring (bicyclic) bond motifs is 4. The Bertz CT molecular complexity index is 4130. The van der Waals surface area contributed by atoms with Gasteiger partial charge in [-0.15, -0.1) is 0 Å². The van der Waals surface area contributed by atoms with Crippen molar-refractivity contribution in [2.75, 3.05) is 10.6 Å². The number of hydrogen-bond acceptors (Lipinski definition) is 15. The van der Waals surface area contributed by atoms with Crippen LogP contribution in [0.1, 0.15) is 67.9 Å². The molecular weight excluding hydrogens is 1170 g/mol. The summed E-state index contributed by atoms with van der Waals surface area (Å²) in [4.78, 5) is 48.4. The quantitative estimate of drug-likeness (QED) is 0.108. The van der Waals surface area contributed by atoms with Crippen molar-refractivity contribution in [3.63, 3.8) is 0 Å². The van der Waals surface area contributed by atoms with Gasteiger partial charge in [-0.3, -0.25) is 39.9 Å². The predicted molar refractivity (Wildman–Crippen MR) is 342 cm³/mol. The number of halogens is 7. The van der Waals surface area contributed by atoms with Crippen molar-refractivity contribution < 1.29 is 17.6 Å². The summed E-state index contributed by atoms with van der Waals surface area (Å²) in [6.45, 7) is 20.1. The first-order valence-corrected chi connectivity index (χ1v) is 28.0. The maximum absolute atomic E-state index is 14.0. The van der Waals surface area contributed by atoms with Crippen LogP contribution < -0.4 is 16.4 Å². The molecule has 0 aliphatic carbocycles. The van der Waals surface area contributed by atoms with Crippen molar-refractivity contribution >= 4 is 89.8 Å². The Labute approximate surface area is 516 Å². The highest BCUT2D eigenvalue weighted by Crippen LogP contribution is 2.33. The van der Waals surface area contributed by atoms with E-state index < -0.39 is 5.82 Å². The van der Waals surface area contributed by atoms with Gasteiger partial charge in [0.1, 0.15) is 11.0 Å². The minimum Gasteiger partial charge on any atom is -0.380 e. The van der Waals surface area contributed by atoms with Gasteiger partial charge in [0.25, 0.3) is 0 Å². The number of nitrogens with two attached hydrogens (primary N) is 1. The van der Waals surface area contributed by atoms with E-state index in [1.165, 1.54) is 24.8 Å². The van der Waals surface area contributed by atoms with Crippen LogP contribution in [0.2, 0.25) is 15.2 Å². The molecule has 446 valence electrons. The van der Waals surface area contributed by atoms with E-state index in [2.05, 4.69) is 112 Å². The molecule has 4 N–H and O–H groups in total. The molecule has 0 saturated heterocycles. The fraction of sp³-hybridized carbons (Fsp3) is 0.200. The van der Waals surface area contributed by atoms with Crippen molar-refractivity contribution in [3.05, 3.63) is 216 Å². The first-order chi connectivity index (χ1) is 41.2. The highest BCUT2D eigenvalue weighted by atomic mass is 35.5. The maximum atomic E-state index is 14.0. The summed E-state index contributed by atoms with van der Waals surface area (Å²) >= 11 is 17.8. The molecule has 0 spiro atoms. The molecule has 12 rings (SSSR count). The second-order valence-electron chi connectivity index (χ2n) is 22.4. The van der Waals surface area contributed by atoms with Gasteiger partial charge in [0, 0.05) is 116 Å². The molecule has 0 bridgehead atoms. The van der Waals surface area contributed by atoms with Gasteiger partial charge in [0.15, 0.2) is 17.5 Å². The summed E-state index contributed by atoms with van der Waals surface area (Å²) in [5.74, 6) is -1.45. The van der Waals surface area contributed by atoms with Crippen LogP contribution in [0.5, 0.6) is 0 Å². The number of anilines is 2. The third-order valence-electron chi connectivity index (χ3n) is 11.5. The van der Waals surface area contributed by atoms with Gasteiger partial charge in [-0.25, -0.2) is 37.5 Å². The van der Waals surface area contributed by atoms with E-state index in [4.69, 9.17) is 40.5 Å². The Morgan fingerprint density at radius 1 is 0.368 bits per heavy atom. The topological polar surface area (TPSA) is 205 Å². The van der Waals surface area contributed by atoms with E-state index in [1.54, 1.807) is 124 Å². The van der Waals surface area contributed by atoms with E-state index in [-0.39, 0.29) is 34.1 Å². The molecule has 0 amide bonds.